The van der Waals surface area contributed by atoms with Crippen molar-refractivity contribution in [2.24, 2.45) is 0 Å². The second-order valence-corrected chi connectivity index (χ2v) is 15.0. The van der Waals surface area contributed by atoms with Gasteiger partial charge in [-0.25, -0.2) is 18.6 Å². The number of imidazole rings is 1. The van der Waals surface area contributed by atoms with Crippen molar-refractivity contribution in [3.63, 3.8) is 0 Å². The number of hydrogen-bond donors (Lipinski definition) is 0. The molecule has 182 valence electrons. The number of rotatable bonds is 9. The molecule has 0 unspecified atom stereocenters. The molecule has 0 bridgehead atoms. The molecule has 0 spiro atoms. The van der Waals surface area contributed by atoms with Gasteiger partial charge in [0.05, 0.1) is 22.2 Å². The van der Waals surface area contributed by atoms with Gasteiger partial charge in [-0.3, -0.25) is 0 Å². The van der Waals surface area contributed by atoms with E-state index >= 15 is 0 Å². The summed E-state index contributed by atoms with van der Waals surface area (Å²) in [4.78, 5) is 16.9. The summed E-state index contributed by atoms with van der Waals surface area (Å²) < 4.78 is 43.7. The maximum atomic E-state index is 12.7. The summed E-state index contributed by atoms with van der Waals surface area (Å²) in [5.74, 6) is 0.359. The van der Waals surface area contributed by atoms with Crippen LogP contribution in [0.3, 0.4) is 0 Å². The number of aromatic nitrogens is 2. The number of hydrogen-bond acceptors (Lipinski definition) is 6. The van der Waals surface area contributed by atoms with Gasteiger partial charge in [-0.15, -0.1) is 0 Å². The summed E-state index contributed by atoms with van der Waals surface area (Å²) >= 11 is 0. The molecule has 0 saturated heterocycles. The second kappa shape index (κ2) is 9.97. The molecule has 10 heteroatoms. The standard InChI is InChI=1S/C25H25F2N3O4Si/c1-35(2,3)9-8-32-15-30-20-10-16(13-28)21(33-14-23(26)27)11-19(20)29-24(30)12-22-17-6-4-5-7-18(17)25(31)34-22/h4-7,10-12,23H,8-9,14-15H2,1-3H3/b22-12-. The molecule has 0 fully saturated rings. The largest absolute Gasteiger partial charge is 0.486 e. The van der Waals surface area contributed by atoms with Crippen molar-refractivity contribution >= 4 is 36.9 Å². The number of alkyl halides is 2. The van der Waals surface area contributed by atoms with E-state index in [0.29, 0.717) is 40.4 Å². The molecule has 4 rings (SSSR count). The van der Waals surface area contributed by atoms with Crippen molar-refractivity contribution in [1.29, 1.82) is 5.26 Å². The first-order valence-corrected chi connectivity index (χ1v) is 14.8. The van der Waals surface area contributed by atoms with Gasteiger partial charge >= 0.3 is 5.97 Å². The van der Waals surface area contributed by atoms with Crippen LogP contribution >= 0.6 is 0 Å². The van der Waals surface area contributed by atoms with E-state index in [0.717, 1.165) is 6.04 Å². The zero-order chi connectivity index (χ0) is 25.2. The molecular weight excluding hydrogens is 472 g/mol. The average Bonchev–Trinajstić information content (AvgIpc) is 3.30. The Hall–Kier alpha value is -3.55. The summed E-state index contributed by atoms with van der Waals surface area (Å²) in [5, 5.41) is 9.57. The number of ether oxygens (including phenoxy) is 3. The van der Waals surface area contributed by atoms with Gasteiger partial charge < -0.3 is 18.8 Å². The highest BCUT2D eigenvalue weighted by Crippen LogP contribution is 2.33. The Morgan fingerprint density at radius 3 is 2.66 bits per heavy atom. The van der Waals surface area contributed by atoms with Crippen molar-refractivity contribution in [2.45, 2.75) is 38.8 Å². The molecule has 3 aromatic rings. The maximum Gasteiger partial charge on any atom is 0.344 e. The molecule has 0 aliphatic carbocycles. The van der Waals surface area contributed by atoms with Crippen LogP contribution < -0.4 is 4.74 Å². The Labute approximate surface area is 202 Å². The van der Waals surface area contributed by atoms with Crippen LogP contribution in [0.1, 0.15) is 27.3 Å². The van der Waals surface area contributed by atoms with Crippen LogP contribution in [0.15, 0.2) is 36.4 Å². The molecule has 7 nitrogen and oxygen atoms in total. The Morgan fingerprint density at radius 1 is 1.23 bits per heavy atom. The van der Waals surface area contributed by atoms with E-state index < -0.39 is 27.1 Å². The first-order valence-electron chi connectivity index (χ1n) is 11.1. The van der Waals surface area contributed by atoms with Crippen LogP contribution in [0.4, 0.5) is 8.78 Å². The average molecular weight is 498 g/mol. The van der Waals surface area contributed by atoms with Gasteiger partial charge in [0.15, 0.2) is 0 Å². The lowest BCUT2D eigenvalue weighted by Gasteiger charge is -2.16. The predicted octanol–water partition coefficient (Wildman–Crippen LogP) is 5.53. The summed E-state index contributed by atoms with van der Waals surface area (Å²) in [6.07, 6.45) is -1.04. The van der Waals surface area contributed by atoms with Crippen molar-refractivity contribution < 1.29 is 27.8 Å². The Kier molecular flexibility index (Phi) is 7.00. The molecule has 35 heavy (non-hydrogen) atoms. The van der Waals surface area contributed by atoms with Crippen LogP contribution in [0.5, 0.6) is 5.75 Å². The van der Waals surface area contributed by atoms with Crippen molar-refractivity contribution in [3.8, 4) is 11.8 Å². The van der Waals surface area contributed by atoms with Gasteiger partial charge in [0, 0.05) is 32.4 Å². The van der Waals surface area contributed by atoms with E-state index in [1.165, 1.54) is 6.07 Å². The number of halogens is 2. The first kappa shape index (κ1) is 24.6. The highest BCUT2D eigenvalue weighted by Gasteiger charge is 2.27. The molecule has 0 N–H and O–H groups in total. The Morgan fingerprint density at radius 2 is 1.97 bits per heavy atom. The van der Waals surface area contributed by atoms with Gasteiger partial charge in [0.25, 0.3) is 6.43 Å². The number of nitriles is 1. The third-order valence-corrected chi connectivity index (χ3v) is 7.16. The van der Waals surface area contributed by atoms with Crippen LogP contribution in [0.2, 0.25) is 25.7 Å². The summed E-state index contributed by atoms with van der Waals surface area (Å²) in [6, 6.07) is 13.0. The number of cyclic esters (lactones) is 1. The van der Waals surface area contributed by atoms with E-state index in [4.69, 9.17) is 14.2 Å². The van der Waals surface area contributed by atoms with Gasteiger partial charge in [-0.1, -0.05) is 37.8 Å². The number of esters is 1. The number of carbonyl (C=O) groups is 1. The fourth-order valence-electron chi connectivity index (χ4n) is 3.62. The van der Waals surface area contributed by atoms with E-state index in [9.17, 15) is 18.8 Å². The highest BCUT2D eigenvalue weighted by atomic mass is 28.3. The molecule has 2 aromatic carbocycles. The van der Waals surface area contributed by atoms with Crippen LogP contribution in [-0.4, -0.2) is 43.2 Å². The van der Waals surface area contributed by atoms with Gasteiger partial charge in [-0.2, -0.15) is 5.26 Å². The minimum Gasteiger partial charge on any atom is -0.486 e. The molecule has 2 heterocycles. The highest BCUT2D eigenvalue weighted by molar-refractivity contribution is 6.76. The SMILES string of the molecule is C[Si](C)(C)CCOCn1c(/C=C2\OC(=O)c3ccccc32)nc2cc(OCC(F)F)c(C#N)cc21. The fraction of sp³-hybridized carbons (Fsp3) is 0.320. The van der Waals surface area contributed by atoms with Crippen molar-refractivity contribution in [1.82, 2.24) is 9.55 Å². The van der Waals surface area contributed by atoms with E-state index in [1.54, 1.807) is 34.9 Å². The third kappa shape index (κ3) is 5.58. The van der Waals surface area contributed by atoms with E-state index in [1.807, 2.05) is 12.1 Å². The van der Waals surface area contributed by atoms with Crippen molar-refractivity contribution in [3.05, 3.63) is 58.9 Å². The molecule has 0 atom stereocenters. The molecule has 1 aliphatic rings. The lowest BCUT2D eigenvalue weighted by atomic mass is 10.1. The van der Waals surface area contributed by atoms with Gasteiger partial charge in [-0.05, 0) is 18.2 Å². The molecule has 0 amide bonds. The van der Waals surface area contributed by atoms with E-state index in [2.05, 4.69) is 24.6 Å². The fourth-order valence-corrected chi connectivity index (χ4v) is 4.38. The molecule has 0 radical (unpaired) electrons. The topological polar surface area (TPSA) is 86.4 Å². The lowest BCUT2D eigenvalue weighted by Crippen LogP contribution is -2.22. The second-order valence-electron chi connectivity index (χ2n) is 9.34. The van der Waals surface area contributed by atoms with E-state index in [-0.39, 0.29) is 18.0 Å². The predicted molar refractivity (Wildman–Crippen MR) is 130 cm³/mol. The summed E-state index contributed by atoms with van der Waals surface area (Å²) in [6.45, 7) is 6.65. The lowest BCUT2D eigenvalue weighted by molar-refractivity contribution is 0.0716. The number of fused-ring (bicyclic) bond motifs is 2. The van der Waals surface area contributed by atoms with Crippen LogP contribution in [-0.2, 0) is 16.2 Å². The minimum absolute atomic E-state index is 0.0291. The molecular formula is C25H25F2N3O4Si. The molecule has 0 saturated carbocycles. The smallest absolute Gasteiger partial charge is 0.344 e. The summed E-state index contributed by atoms with van der Waals surface area (Å²) in [5.41, 5.74) is 2.23. The monoisotopic (exact) mass is 497 g/mol. The quantitative estimate of drug-likeness (QED) is 0.219. The third-order valence-electron chi connectivity index (χ3n) is 5.46. The zero-order valence-electron chi connectivity index (χ0n) is 19.7. The Bertz CT molecular complexity index is 1340. The van der Waals surface area contributed by atoms with Gasteiger partial charge in [0.1, 0.15) is 36.7 Å². The van der Waals surface area contributed by atoms with Crippen LogP contribution in [0, 0.1) is 11.3 Å². The minimum atomic E-state index is -2.67. The normalized spacial score (nSPS) is 14.4. The summed E-state index contributed by atoms with van der Waals surface area (Å²) in [7, 11) is -1.30. The first-order chi connectivity index (χ1) is 16.7. The number of carbonyl (C=O) groups excluding carboxylic acids is 1. The number of nitrogens with zero attached hydrogens (tertiary/aromatic N) is 3. The van der Waals surface area contributed by atoms with Crippen molar-refractivity contribution in [2.75, 3.05) is 13.2 Å². The van der Waals surface area contributed by atoms with Gasteiger partial charge in [0.2, 0.25) is 0 Å². The maximum absolute atomic E-state index is 12.7. The molecule has 1 aliphatic heterocycles. The Balaban J connectivity index is 1.76. The molecule has 1 aromatic heterocycles. The number of benzene rings is 2. The zero-order valence-corrected chi connectivity index (χ0v) is 20.7. The van der Waals surface area contributed by atoms with Crippen LogP contribution in [0.25, 0.3) is 22.9 Å².